The molecule has 64 heavy (non-hydrogen) atoms. The molecule has 0 aliphatic carbocycles. The van der Waals surface area contributed by atoms with Gasteiger partial charge in [0.25, 0.3) is 0 Å². The summed E-state index contributed by atoms with van der Waals surface area (Å²) in [6, 6.07) is 0. The molecule has 0 saturated heterocycles. The second-order valence-electron chi connectivity index (χ2n) is 17.4. The molecular formula is C58H98O6. The van der Waals surface area contributed by atoms with E-state index in [1.165, 1.54) is 83.5 Å². The minimum Gasteiger partial charge on any atom is -0.462 e. The van der Waals surface area contributed by atoms with E-state index in [0.29, 0.717) is 19.3 Å². The number of carbonyl (C=O) groups is 3. The van der Waals surface area contributed by atoms with Crippen molar-refractivity contribution in [2.45, 2.75) is 252 Å². The van der Waals surface area contributed by atoms with Crippen LogP contribution >= 0.6 is 0 Å². The molecule has 0 bridgehead atoms. The first-order valence-corrected chi connectivity index (χ1v) is 26.6. The summed E-state index contributed by atoms with van der Waals surface area (Å²) in [5.74, 6) is -0.946. The van der Waals surface area contributed by atoms with E-state index in [-0.39, 0.29) is 31.1 Å². The van der Waals surface area contributed by atoms with Crippen molar-refractivity contribution in [3.63, 3.8) is 0 Å². The van der Waals surface area contributed by atoms with Crippen LogP contribution in [0.1, 0.15) is 245 Å². The lowest BCUT2D eigenvalue weighted by Crippen LogP contribution is -2.30. The molecule has 0 unspecified atom stereocenters. The van der Waals surface area contributed by atoms with Crippen molar-refractivity contribution >= 4 is 17.9 Å². The fourth-order valence-electron chi connectivity index (χ4n) is 7.09. The van der Waals surface area contributed by atoms with E-state index in [1.807, 2.05) is 0 Å². The van der Waals surface area contributed by atoms with Crippen LogP contribution in [0.4, 0.5) is 0 Å². The van der Waals surface area contributed by atoms with Crippen molar-refractivity contribution in [1.82, 2.24) is 0 Å². The van der Waals surface area contributed by atoms with Gasteiger partial charge in [0, 0.05) is 19.3 Å². The van der Waals surface area contributed by atoms with Gasteiger partial charge in [-0.3, -0.25) is 14.4 Å². The van der Waals surface area contributed by atoms with E-state index >= 15 is 0 Å². The Labute approximate surface area is 395 Å². The highest BCUT2D eigenvalue weighted by atomic mass is 16.6. The number of rotatable bonds is 47. The molecule has 0 radical (unpaired) electrons. The van der Waals surface area contributed by atoms with Gasteiger partial charge in [-0.05, 0) is 109 Å². The van der Waals surface area contributed by atoms with E-state index in [0.717, 1.165) is 122 Å². The summed E-state index contributed by atoms with van der Waals surface area (Å²) in [5, 5.41) is 0. The minimum atomic E-state index is -0.797. The lowest BCUT2D eigenvalue weighted by molar-refractivity contribution is -0.167. The highest BCUT2D eigenvalue weighted by molar-refractivity contribution is 5.71. The number of esters is 3. The third-order valence-electron chi connectivity index (χ3n) is 11.1. The number of ether oxygens (including phenoxy) is 3. The predicted molar refractivity (Wildman–Crippen MR) is 274 cm³/mol. The molecule has 0 aliphatic heterocycles. The van der Waals surface area contributed by atoms with Gasteiger partial charge in [-0.25, -0.2) is 0 Å². The van der Waals surface area contributed by atoms with Crippen LogP contribution in [-0.2, 0) is 28.6 Å². The number of allylic oxidation sites excluding steroid dienone is 14. The van der Waals surface area contributed by atoms with Crippen LogP contribution in [0.25, 0.3) is 0 Å². The Morgan fingerprint density at radius 3 is 1.03 bits per heavy atom. The molecule has 0 N–H and O–H groups in total. The van der Waals surface area contributed by atoms with E-state index in [1.54, 1.807) is 0 Å². The minimum absolute atomic E-state index is 0.0953. The maximum atomic E-state index is 12.8. The number of hydrogen-bond acceptors (Lipinski definition) is 6. The number of unbranched alkanes of at least 4 members (excludes halogenated alkanes) is 22. The molecule has 0 amide bonds. The Balaban J connectivity index is 4.44. The molecule has 0 heterocycles. The van der Waals surface area contributed by atoms with Gasteiger partial charge in [-0.1, -0.05) is 202 Å². The van der Waals surface area contributed by atoms with Crippen LogP contribution < -0.4 is 0 Å². The third-order valence-corrected chi connectivity index (χ3v) is 11.1. The van der Waals surface area contributed by atoms with Crippen molar-refractivity contribution in [2.75, 3.05) is 13.2 Å². The molecule has 366 valence electrons. The topological polar surface area (TPSA) is 78.9 Å². The van der Waals surface area contributed by atoms with Gasteiger partial charge >= 0.3 is 17.9 Å². The summed E-state index contributed by atoms with van der Waals surface area (Å²) >= 11 is 0. The van der Waals surface area contributed by atoms with E-state index in [9.17, 15) is 14.4 Å². The summed E-state index contributed by atoms with van der Waals surface area (Å²) in [6.07, 6.45) is 67.1. The zero-order valence-electron chi connectivity index (χ0n) is 41.8. The average Bonchev–Trinajstić information content (AvgIpc) is 3.29. The van der Waals surface area contributed by atoms with Gasteiger partial charge < -0.3 is 14.2 Å². The molecule has 0 aromatic heterocycles. The molecule has 0 aromatic rings. The van der Waals surface area contributed by atoms with Gasteiger partial charge in [-0.15, -0.1) is 0 Å². The first kappa shape index (κ1) is 60.6. The number of carbonyl (C=O) groups excluding carboxylic acids is 3. The summed E-state index contributed by atoms with van der Waals surface area (Å²) in [4.78, 5) is 38.0. The second-order valence-corrected chi connectivity index (χ2v) is 17.4. The summed E-state index contributed by atoms with van der Waals surface area (Å²) in [5.41, 5.74) is 0. The van der Waals surface area contributed by atoms with Crippen LogP contribution in [0.3, 0.4) is 0 Å². The highest BCUT2D eigenvalue weighted by Crippen LogP contribution is 2.13. The Hall–Kier alpha value is -3.41. The fourth-order valence-corrected chi connectivity index (χ4v) is 7.09. The normalized spacial score (nSPS) is 12.7. The largest absolute Gasteiger partial charge is 0.462 e. The Bertz CT molecular complexity index is 1250. The van der Waals surface area contributed by atoms with Crippen molar-refractivity contribution in [1.29, 1.82) is 0 Å². The van der Waals surface area contributed by atoms with Crippen LogP contribution in [0, 0.1) is 0 Å². The fraction of sp³-hybridized carbons (Fsp3) is 0.707. The lowest BCUT2D eigenvalue weighted by Gasteiger charge is -2.18. The quantitative estimate of drug-likeness (QED) is 0.0262. The lowest BCUT2D eigenvalue weighted by atomic mass is 10.1. The van der Waals surface area contributed by atoms with Gasteiger partial charge in [0.05, 0.1) is 0 Å². The van der Waals surface area contributed by atoms with Gasteiger partial charge in [0.15, 0.2) is 6.10 Å². The Morgan fingerprint density at radius 2 is 0.625 bits per heavy atom. The van der Waals surface area contributed by atoms with Crippen LogP contribution in [0.2, 0.25) is 0 Å². The monoisotopic (exact) mass is 891 g/mol. The maximum absolute atomic E-state index is 12.8. The molecule has 1 atom stereocenters. The zero-order valence-corrected chi connectivity index (χ0v) is 41.8. The molecule has 0 spiro atoms. The maximum Gasteiger partial charge on any atom is 0.306 e. The van der Waals surface area contributed by atoms with Crippen molar-refractivity contribution < 1.29 is 28.6 Å². The molecule has 6 heteroatoms. The van der Waals surface area contributed by atoms with E-state index < -0.39 is 6.10 Å². The first-order chi connectivity index (χ1) is 31.5. The molecule has 0 rings (SSSR count). The SMILES string of the molecule is CC/C=C\C/C=C\C/C=C\C/C=C\C/C=C\CCCCCC(=O)OC[C@@H](COC(=O)CCCCCCC/C=C\CCCC)OC(=O)CCCCCCC/C=C\CCCCCCCCC. The van der Waals surface area contributed by atoms with Crippen LogP contribution in [-0.4, -0.2) is 37.2 Å². The average molecular weight is 891 g/mol. The molecule has 0 fully saturated rings. The number of hydrogen-bond donors (Lipinski definition) is 0. The summed E-state index contributed by atoms with van der Waals surface area (Å²) in [7, 11) is 0. The predicted octanol–water partition coefficient (Wildman–Crippen LogP) is 17.6. The van der Waals surface area contributed by atoms with Gasteiger partial charge in [-0.2, -0.15) is 0 Å². The van der Waals surface area contributed by atoms with Crippen molar-refractivity contribution in [2.24, 2.45) is 0 Å². The third kappa shape index (κ3) is 49.6. The van der Waals surface area contributed by atoms with Crippen LogP contribution in [0.15, 0.2) is 85.1 Å². The Kier molecular flexibility index (Phi) is 49.4. The Morgan fingerprint density at radius 1 is 0.328 bits per heavy atom. The van der Waals surface area contributed by atoms with Gasteiger partial charge in [0.1, 0.15) is 13.2 Å². The molecule has 6 nitrogen and oxygen atoms in total. The molecule has 0 aliphatic rings. The molecular weight excluding hydrogens is 793 g/mol. The standard InChI is InChI=1S/C58H98O6/c1-4-7-10-13-16-19-22-24-26-28-29-30-32-33-36-39-42-45-48-51-57(60)63-54-55(53-62-56(59)50-47-44-41-38-35-21-18-15-12-9-6-3)64-58(61)52-49-46-43-40-37-34-31-27-25-23-20-17-14-11-8-5-2/h7,10,15-16,18-19,24,26-27,29-31,33,36,55H,4-6,8-9,11-14,17,20-23,25,28,32,34-35,37-54H2,1-3H3/b10-7-,18-15-,19-16-,26-24-,30-29-,31-27-,36-33-/t55-/m1/s1. The molecule has 0 saturated carbocycles. The second kappa shape index (κ2) is 52.2. The van der Waals surface area contributed by atoms with Crippen molar-refractivity contribution in [3.05, 3.63) is 85.1 Å². The first-order valence-electron chi connectivity index (χ1n) is 26.6. The van der Waals surface area contributed by atoms with Crippen molar-refractivity contribution in [3.8, 4) is 0 Å². The van der Waals surface area contributed by atoms with Gasteiger partial charge in [0.2, 0.25) is 0 Å². The highest BCUT2D eigenvalue weighted by Gasteiger charge is 2.19. The van der Waals surface area contributed by atoms with E-state index in [2.05, 4.69) is 106 Å². The van der Waals surface area contributed by atoms with E-state index in [4.69, 9.17) is 14.2 Å². The summed E-state index contributed by atoms with van der Waals surface area (Å²) < 4.78 is 16.8. The zero-order chi connectivity index (χ0) is 46.5. The van der Waals surface area contributed by atoms with Crippen LogP contribution in [0.5, 0.6) is 0 Å². The smallest absolute Gasteiger partial charge is 0.306 e. The molecule has 0 aromatic carbocycles. The summed E-state index contributed by atoms with van der Waals surface area (Å²) in [6.45, 7) is 6.44.